The first-order valence-corrected chi connectivity index (χ1v) is 5.61. The zero-order chi connectivity index (χ0) is 10.4. The second-order valence-electron chi connectivity index (χ2n) is 3.92. The second kappa shape index (κ2) is 5.69. The minimum atomic E-state index is 0.856. The molecule has 1 nitrogen and oxygen atoms in total. The Morgan fingerprint density at radius 3 is 2.36 bits per heavy atom. The van der Waals surface area contributed by atoms with Crippen molar-refractivity contribution in [3.63, 3.8) is 0 Å². The first-order valence-electron chi connectivity index (χ1n) is 5.61. The molecule has 0 spiro atoms. The third-order valence-electron chi connectivity index (χ3n) is 3.03. The Kier molecular flexibility index (Phi) is 4.51. The van der Waals surface area contributed by atoms with Crippen molar-refractivity contribution in [3.8, 4) is 0 Å². The Morgan fingerprint density at radius 1 is 1.14 bits per heavy atom. The number of nitrogens with two attached hydrogens (primary N) is 1. The highest BCUT2D eigenvalue weighted by atomic mass is 14.6. The first kappa shape index (κ1) is 11.1. The number of benzene rings is 1. The van der Waals surface area contributed by atoms with Gasteiger partial charge >= 0.3 is 0 Å². The van der Waals surface area contributed by atoms with E-state index < -0.39 is 0 Å². The molecule has 0 amide bonds. The highest BCUT2D eigenvalue weighted by Gasteiger charge is 2.04. The molecule has 0 aromatic heterocycles. The number of anilines is 1. The summed E-state index contributed by atoms with van der Waals surface area (Å²) in [4.78, 5) is 0. The second-order valence-corrected chi connectivity index (χ2v) is 3.92. The average Bonchev–Trinajstić information content (AvgIpc) is 2.22. The van der Waals surface area contributed by atoms with Crippen LogP contribution in [0.4, 0.5) is 5.69 Å². The number of hydrogen-bond donors (Lipinski definition) is 1. The molecule has 0 atom stereocenters. The smallest absolute Gasteiger partial charge is 0.0346 e. The Morgan fingerprint density at radius 2 is 1.79 bits per heavy atom. The molecule has 1 aromatic rings. The molecule has 14 heavy (non-hydrogen) atoms. The summed E-state index contributed by atoms with van der Waals surface area (Å²) in [5, 5.41) is 0. The van der Waals surface area contributed by atoms with Crippen LogP contribution in [0.2, 0.25) is 0 Å². The summed E-state index contributed by atoms with van der Waals surface area (Å²) < 4.78 is 0. The predicted molar refractivity (Wildman–Crippen MR) is 63.2 cm³/mol. The number of hydrogen-bond acceptors (Lipinski definition) is 1. The van der Waals surface area contributed by atoms with Crippen molar-refractivity contribution in [2.24, 2.45) is 5.92 Å². The van der Waals surface area contributed by atoms with E-state index in [0.29, 0.717) is 0 Å². The molecule has 2 N–H and O–H groups in total. The van der Waals surface area contributed by atoms with Gasteiger partial charge in [-0.2, -0.15) is 0 Å². The third kappa shape index (κ3) is 3.06. The number of nitrogen functional groups attached to an aromatic ring is 1. The lowest BCUT2D eigenvalue weighted by molar-refractivity contribution is 0.456. The molecule has 0 saturated carbocycles. The molecule has 0 unspecified atom stereocenters. The average molecular weight is 191 g/mol. The van der Waals surface area contributed by atoms with Crippen molar-refractivity contribution in [1.82, 2.24) is 0 Å². The lowest BCUT2D eigenvalue weighted by Gasteiger charge is -2.12. The van der Waals surface area contributed by atoms with E-state index in [9.17, 15) is 0 Å². The van der Waals surface area contributed by atoms with Crippen LogP contribution in [0.1, 0.15) is 38.7 Å². The number of para-hydroxylation sites is 1. The van der Waals surface area contributed by atoms with E-state index in [2.05, 4.69) is 26.0 Å². The van der Waals surface area contributed by atoms with Crippen LogP contribution >= 0.6 is 0 Å². The Bertz CT molecular complexity index is 264. The van der Waals surface area contributed by atoms with Crippen molar-refractivity contribution < 1.29 is 0 Å². The maximum Gasteiger partial charge on any atom is 0.0346 e. The van der Waals surface area contributed by atoms with Gasteiger partial charge in [-0.3, -0.25) is 0 Å². The molecule has 1 heteroatoms. The zero-order valence-corrected chi connectivity index (χ0v) is 9.29. The fraction of sp³-hybridized carbons (Fsp3) is 0.538. The van der Waals surface area contributed by atoms with Crippen LogP contribution in [-0.2, 0) is 6.42 Å². The van der Waals surface area contributed by atoms with Gasteiger partial charge in [-0.05, 0) is 30.4 Å². The molecule has 0 fully saturated rings. The molecular formula is C13H21N. The summed E-state index contributed by atoms with van der Waals surface area (Å²) in [7, 11) is 0. The fourth-order valence-electron chi connectivity index (χ4n) is 1.82. The zero-order valence-electron chi connectivity index (χ0n) is 9.29. The summed E-state index contributed by atoms with van der Waals surface area (Å²) >= 11 is 0. The minimum Gasteiger partial charge on any atom is -0.399 e. The quantitative estimate of drug-likeness (QED) is 0.706. The molecular weight excluding hydrogens is 170 g/mol. The van der Waals surface area contributed by atoms with Crippen molar-refractivity contribution >= 4 is 5.69 Å². The highest BCUT2D eigenvalue weighted by Crippen LogP contribution is 2.19. The van der Waals surface area contributed by atoms with Crippen LogP contribution in [-0.4, -0.2) is 0 Å². The maximum atomic E-state index is 5.89. The molecule has 0 aliphatic heterocycles. The van der Waals surface area contributed by atoms with Crippen molar-refractivity contribution in [2.75, 3.05) is 5.73 Å². The van der Waals surface area contributed by atoms with Gasteiger partial charge in [0.1, 0.15) is 0 Å². The largest absolute Gasteiger partial charge is 0.399 e. The Labute approximate surface area is 87.3 Å². The van der Waals surface area contributed by atoms with E-state index in [1.165, 1.54) is 24.8 Å². The van der Waals surface area contributed by atoms with Gasteiger partial charge in [-0.25, -0.2) is 0 Å². The van der Waals surface area contributed by atoms with Crippen LogP contribution in [0.3, 0.4) is 0 Å². The van der Waals surface area contributed by atoms with Gasteiger partial charge in [0.25, 0.3) is 0 Å². The lowest BCUT2D eigenvalue weighted by atomic mass is 9.94. The molecule has 0 saturated heterocycles. The van der Waals surface area contributed by atoms with E-state index in [4.69, 9.17) is 5.73 Å². The predicted octanol–water partition coefficient (Wildman–Crippen LogP) is 3.64. The number of rotatable bonds is 5. The van der Waals surface area contributed by atoms with Gasteiger partial charge in [-0.1, -0.05) is 44.9 Å². The Balaban J connectivity index is 2.49. The maximum absolute atomic E-state index is 5.89. The molecule has 1 aromatic carbocycles. The van der Waals surface area contributed by atoms with Crippen LogP contribution in [0, 0.1) is 5.92 Å². The van der Waals surface area contributed by atoms with Crippen molar-refractivity contribution in [3.05, 3.63) is 29.8 Å². The van der Waals surface area contributed by atoms with E-state index in [0.717, 1.165) is 18.0 Å². The van der Waals surface area contributed by atoms with E-state index in [1.807, 2.05) is 12.1 Å². The standard InChI is InChI=1S/C13H21N/c1-3-11(4-2)9-10-12-7-5-6-8-13(12)14/h5-8,11H,3-4,9-10,14H2,1-2H3. The fourth-order valence-corrected chi connectivity index (χ4v) is 1.82. The molecule has 0 aliphatic carbocycles. The van der Waals surface area contributed by atoms with Crippen LogP contribution in [0.25, 0.3) is 0 Å². The molecule has 0 heterocycles. The summed E-state index contributed by atoms with van der Waals surface area (Å²) in [6, 6.07) is 8.19. The highest BCUT2D eigenvalue weighted by molar-refractivity contribution is 5.46. The van der Waals surface area contributed by atoms with E-state index >= 15 is 0 Å². The van der Waals surface area contributed by atoms with Crippen molar-refractivity contribution in [2.45, 2.75) is 39.5 Å². The van der Waals surface area contributed by atoms with Gasteiger partial charge in [0.15, 0.2) is 0 Å². The van der Waals surface area contributed by atoms with Crippen LogP contribution in [0.15, 0.2) is 24.3 Å². The van der Waals surface area contributed by atoms with Crippen molar-refractivity contribution in [1.29, 1.82) is 0 Å². The van der Waals surface area contributed by atoms with Gasteiger partial charge in [0, 0.05) is 5.69 Å². The van der Waals surface area contributed by atoms with Crippen LogP contribution < -0.4 is 5.73 Å². The SMILES string of the molecule is CCC(CC)CCc1ccccc1N. The first-order chi connectivity index (χ1) is 6.77. The van der Waals surface area contributed by atoms with E-state index in [-0.39, 0.29) is 0 Å². The van der Waals surface area contributed by atoms with Gasteiger partial charge in [0.05, 0.1) is 0 Å². The van der Waals surface area contributed by atoms with Crippen LogP contribution in [0.5, 0.6) is 0 Å². The van der Waals surface area contributed by atoms with E-state index in [1.54, 1.807) is 0 Å². The topological polar surface area (TPSA) is 26.0 Å². The van der Waals surface area contributed by atoms with Gasteiger partial charge in [0.2, 0.25) is 0 Å². The molecule has 0 aliphatic rings. The monoisotopic (exact) mass is 191 g/mol. The lowest BCUT2D eigenvalue weighted by Crippen LogP contribution is -2.01. The summed E-state index contributed by atoms with van der Waals surface area (Å²) in [6.07, 6.45) is 4.95. The summed E-state index contributed by atoms with van der Waals surface area (Å²) in [6.45, 7) is 4.53. The number of aryl methyl sites for hydroxylation is 1. The molecule has 1 rings (SSSR count). The Hall–Kier alpha value is -0.980. The molecule has 78 valence electrons. The normalized spacial score (nSPS) is 10.8. The van der Waals surface area contributed by atoms with Gasteiger partial charge in [-0.15, -0.1) is 0 Å². The molecule has 0 bridgehead atoms. The van der Waals surface area contributed by atoms with Gasteiger partial charge < -0.3 is 5.73 Å². The third-order valence-corrected chi connectivity index (χ3v) is 3.03. The summed E-state index contributed by atoms with van der Waals surface area (Å²) in [5.41, 5.74) is 8.14. The minimum absolute atomic E-state index is 0.856. The summed E-state index contributed by atoms with van der Waals surface area (Å²) in [5.74, 6) is 0.856. The molecule has 0 radical (unpaired) electrons.